The van der Waals surface area contributed by atoms with Crippen LogP contribution in [-0.2, 0) is 10.9 Å². The number of nitrogens with one attached hydrogen (secondary N) is 1. The Bertz CT molecular complexity index is 1380. The number of benzene rings is 1. The average Bonchev–Trinajstić information content (AvgIpc) is 3.31. The Morgan fingerprint density at radius 1 is 1.18 bits per heavy atom. The van der Waals surface area contributed by atoms with Gasteiger partial charge in [-0.1, -0.05) is 12.1 Å². The minimum Gasteiger partial charge on any atom is -0.493 e. The van der Waals surface area contributed by atoms with Gasteiger partial charge in [-0.15, -0.1) is 0 Å². The highest BCUT2D eigenvalue weighted by molar-refractivity contribution is 6.04. The highest BCUT2D eigenvalue weighted by atomic mass is 19.4. The number of hydrogen-bond donors (Lipinski definition) is 2. The van der Waals surface area contributed by atoms with Crippen LogP contribution in [0.2, 0.25) is 0 Å². The van der Waals surface area contributed by atoms with Crippen LogP contribution in [0.15, 0.2) is 48.8 Å². The predicted octanol–water partition coefficient (Wildman–Crippen LogP) is 4.70. The molecule has 2 N–H and O–H groups in total. The zero-order valence-corrected chi connectivity index (χ0v) is 22.0. The first-order chi connectivity index (χ1) is 19.0. The number of carbonyl (C=O) groups is 1. The molecule has 0 spiro atoms. The molecule has 212 valence electrons. The van der Waals surface area contributed by atoms with Crippen molar-refractivity contribution in [2.24, 2.45) is 0 Å². The lowest BCUT2D eigenvalue weighted by Crippen LogP contribution is -2.48. The lowest BCUT2D eigenvalue weighted by molar-refractivity contribution is -0.176. The zero-order chi connectivity index (χ0) is 28.5. The van der Waals surface area contributed by atoms with E-state index in [-0.39, 0.29) is 23.2 Å². The molecule has 2 bridgehead atoms. The molecule has 3 aromatic rings. The van der Waals surface area contributed by atoms with E-state index in [4.69, 9.17) is 9.47 Å². The van der Waals surface area contributed by atoms with Gasteiger partial charge in [0.15, 0.2) is 17.4 Å². The van der Waals surface area contributed by atoms with Crippen LogP contribution < -0.4 is 19.9 Å². The number of nitrogens with zero attached hydrogens (tertiary/aromatic N) is 5. The van der Waals surface area contributed by atoms with Gasteiger partial charge in [0.25, 0.3) is 0 Å². The smallest absolute Gasteiger partial charge is 0.416 e. The van der Waals surface area contributed by atoms with Gasteiger partial charge in [0.2, 0.25) is 0 Å². The quantitative estimate of drug-likeness (QED) is 0.302. The van der Waals surface area contributed by atoms with Gasteiger partial charge < -0.3 is 19.5 Å². The maximum atomic E-state index is 13.5. The SMILES string of the molecule is CC(C)(O)OCCCOc1ccnc(NC(=O)N2c3nc(-c4cccc(C(F)(F)F)c4)ncc3N3CCC2C3)c1. The van der Waals surface area contributed by atoms with Gasteiger partial charge in [-0.2, -0.15) is 13.2 Å². The average molecular weight is 559 g/mol. The molecule has 0 aliphatic carbocycles. The van der Waals surface area contributed by atoms with Crippen LogP contribution in [0.3, 0.4) is 0 Å². The highest BCUT2D eigenvalue weighted by Gasteiger charge is 2.41. The summed E-state index contributed by atoms with van der Waals surface area (Å²) in [6.07, 6.45) is -0.200. The second kappa shape index (κ2) is 10.9. The number of carbonyl (C=O) groups excluding carboxylic acids is 1. The van der Waals surface area contributed by atoms with E-state index in [1.807, 2.05) is 0 Å². The largest absolute Gasteiger partial charge is 0.493 e. The van der Waals surface area contributed by atoms with E-state index in [9.17, 15) is 23.1 Å². The topological polar surface area (TPSA) is 113 Å². The summed E-state index contributed by atoms with van der Waals surface area (Å²) >= 11 is 0. The molecule has 4 heterocycles. The number of amides is 2. The van der Waals surface area contributed by atoms with E-state index in [2.05, 4.69) is 25.2 Å². The van der Waals surface area contributed by atoms with Crippen LogP contribution in [-0.4, -0.2) is 64.2 Å². The highest BCUT2D eigenvalue weighted by Crippen LogP contribution is 2.40. The van der Waals surface area contributed by atoms with E-state index >= 15 is 0 Å². The Morgan fingerprint density at radius 2 is 2.00 bits per heavy atom. The Hall–Kier alpha value is -3.97. The fourth-order valence-electron chi connectivity index (χ4n) is 4.66. The molecule has 1 atom stereocenters. The van der Waals surface area contributed by atoms with Crippen molar-refractivity contribution in [2.75, 3.05) is 41.4 Å². The Morgan fingerprint density at radius 3 is 2.77 bits per heavy atom. The molecule has 2 aliphatic heterocycles. The van der Waals surface area contributed by atoms with Gasteiger partial charge in [-0.3, -0.25) is 10.2 Å². The van der Waals surface area contributed by atoms with Crippen LogP contribution in [0.4, 0.5) is 35.3 Å². The minimum absolute atomic E-state index is 0.0900. The molecule has 0 radical (unpaired) electrons. The first kappa shape index (κ1) is 27.6. The van der Waals surface area contributed by atoms with Gasteiger partial charge in [-0.25, -0.2) is 19.7 Å². The summed E-state index contributed by atoms with van der Waals surface area (Å²) in [6, 6.07) is 7.40. The summed E-state index contributed by atoms with van der Waals surface area (Å²) in [5.74, 6) is -0.0330. The van der Waals surface area contributed by atoms with E-state index in [0.717, 1.165) is 12.1 Å². The summed E-state index contributed by atoms with van der Waals surface area (Å²) < 4.78 is 50.8. The van der Waals surface area contributed by atoms with Gasteiger partial charge in [0.1, 0.15) is 11.6 Å². The number of hydrogen-bond acceptors (Lipinski definition) is 8. The molecule has 2 aromatic heterocycles. The summed E-state index contributed by atoms with van der Waals surface area (Å²) in [5, 5.41) is 12.4. The molecule has 2 amide bonds. The Kier molecular flexibility index (Phi) is 7.51. The second-order valence-corrected chi connectivity index (χ2v) is 10.0. The maximum Gasteiger partial charge on any atom is 0.416 e. The lowest BCUT2D eigenvalue weighted by atomic mass is 10.1. The molecule has 2 aliphatic rings. The fraction of sp³-hybridized carbons (Fsp3) is 0.407. The molecule has 1 saturated heterocycles. The van der Waals surface area contributed by atoms with Crippen LogP contribution in [0, 0.1) is 0 Å². The van der Waals surface area contributed by atoms with E-state index in [0.29, 0.717) is 56.4 Å². The Labute approximate surface area is 228 Å². The number of aliphatic hydroxyl groups is 1. The number of urea groups is 1. The molecule has 1 unspecified atom stereocenters. The minimum atomic E-state index is -4.50. The number of aromatic nitrogens is 3. The van der Waals surface area contributed by atoms with Crippen molar-refractivity contribution < 1.29 is 32.5 Å². The van der Waals surface area contributed by atoms with Crippen LogP contribution in [0.5, 0.6) is 5.75 Å². The van der Waals surface area contributed by atoms with Crippen molar-refractivity contribution >= 4 is 23.4 Å². The van der Waals surface area contributed by atoms with Gasteiger partial charge in [0, 0.05) is 37.3 Å². The number of rotatable bonds is 8. The van der Waals surface area contributed by atoms with Crippen LogP contribution in [0.1, 0.15) is 32.3 Å². The molecule has 1 aromatic carbocycles. The number of pyridine rings is 1. The molecule has 5 rings (SSSR count). The van der Waals surface area contributed by atoms with Crippen molar-refractivity contribution in [3.8, 4) is 17.1 Å². The molecule has 10 nitrogen and oxygen atoms in total. The van der Waals surface area contributed by atoms with Crippen molar-refractivity contribution in [1.29, 1.82) is 0 Å². The van der Waals surface area contributed by atoms with Crippen molar-refractivity contribution in [3.63, 3.8) is 0 Å². The first-order valence-electron chi connectivity index (χ1n) is 12.8. The molecular weight excluding hydrogens is 529 g/mol. The molecular formula is C27H29F3N6O4. The third kappa shape index (κ3) is 6.26. The predicted molar refractivity (Wildman–Crippen MR) is 141 cm³/mol. The third-order valence-electron chi connectivity index (χ3n) is 6.49. The summed E-state index contributed by atoms with van der Waals surface area (Å²) in [5.41, 5.74) is 0.0333. The Balaban J connectivity index is 1.33. The monoisotopic (exact) mass is 558 g/mol. The normalized spacial score (nSPS) is 16.6. The summed E-state index contributed by atoms with van der Waals surface area (Å²) in [4.78, 5) is 30.2. The van der Waals surface area contributed by atoms with Gasteiger partial charge in [-0.05, 0) is 38.5 Å². The standard InChI is InChI=1S/C27H29F3N6O4/c1-26(2,38)40-12-4-11-39-20-7-9-31-22(14-20)33-25(37)36-19-8-10-35(16-19)21-15-32-23(34-24(21)36)17-5-3-6-18(13-17)27(28,29)30/h3,5-7,9,13-15,19,38H,4,8,10-12,16H2,1-2H3,(H,31,33,37). The third-order valence-corrected chi connectivity index (χ3v) is 6.49. The van der Waals surface area contributed by atoms with Crippen molar-refractivity contribution in [3.05, 3.63) is 54.4 Å². The molecule has 13 heteroatoms. The maximum absolute atomic E-state index is 13.5. The number of halogens is 3. The van der Waals surface area contributed by atoms with Crippen molar-refractivity contribution in [2.45, 2.75) is 44.7 Å². The summed E-state index contributed by atoms with van der Waals surface area (Å²) in [6.45, 7) is 5.04. The lowest BCUT2D eigenvalue weighted by Gasteiger charge is -2.35. The first-order valence-corrected chi connectivity index (χ1v) is 12.8. The molecule has 1 fully saturated rings. The number of anilines is 3. The van der Waals surface area contributed by atoms with E-state index < -0.39 is 23.6 Å². The molecule has 0 saturated carbocycles. The van der Waals surface area contributed by atoms with Crippen LogP contribution in [0.25, 0.3) is 11.4 Å². The number of ether oxygens (including phenoxy) is 2. The van der Waals surface area contributed by atoms with E-state index in [1.54, 1.807) is 32.2 Å². The molecule has 40 heavy (non-hydrogen) atoms. The summed E-state index contributed by atoms with van der Waals surface area (Å²) in [7, 11) is 0. The number of fused-ring (bicyclic) bond motifs is 4. The van der Waals surface area contributed by atoms with E-state index in [1.165, 1.54) is 23.2 Å². The second-order valence-electron chi connectivity index (χ2n) is 10.0. The zero-order valence-electron chi connectivity index (χ0n) is 22.0. The number of alkyl halides is 3. The van der Waals surface area contributed by atoms with Crippen molar-refractivity contribution in [1.82, 2.24) is 15.0 Å². The van der Waals surface area contributed by atoms with Gasteiger partial charge in [0.05, 0.1) is 36.7 Å². The van der Waals surface area contributed by atoms with Crippen LogP contribution >= 0.6 is 0 Å². The van der Waals surface area contributed by atoms with Gasteiger partial charge >= 0.3 is 12.2 Å². The fourth-order valence-corrected chi connectivity index (χ4v) is 4.66.